The second kappa shape index (κ2) is 11.6. The SMILES string of the molecule is CC[C@@H](C(=O)Nc1ccccc1C(=O)NCCCOC)N(c1ccc(F)cc1)S(C)(=O)=O. The second-order valence-corrected chi connectivity index (χ2v) is 8.96. The molecule has 1 atom stereocenters. The van der Waals surface area contributed by atoms with Crippen LogP contribution in [0.1, 0.15) is 30.1 Å². The van der Waals surface area contributed by atoms with E-state index in [9.17, 15) is 22.4 Å². The van der Waals surface area contributed by atoms with Crippen LogP contribution in [0.15, 0.2) is 48.5 Å². The topological polar surface area (TPSA) is 105 Å². The van der Waals surface area contributed by atoms with Crippen molar-refractivity contribution in [3.05, 3.63) is 59.9 Å². The minimum absolute atomic E-state index is 0.154. The van der Waals surface area contributed by atoms with E-state index < -0.39 is 27.8 Å². The highest BCUT2D eigenvalue weighted by Crippen LogP contribution is 2.24. The number of amides is 2. The van der Waals surface area contributed by atoms with Crippen molar-refractivity contribution >= 4 is 33.2 Å². The third kappa shape index (κ3) is 6.76. The summed E-state index contributed by atoms with van der Waals surface area (Å²) in [6, 6.07) is 10.2. The molecule has 0 aliphatic heterocycles. The van der Waals surface area contributed by atoms with Crippen molar-refractivity contribution in [2.75, 3.05) is 36.1 Å². The number of benzene rings is 2. The number of para-hydroxylation sites is 1. The summed E-state index contributed by atoms with van der Waals surface area (Å²) in [5.74, 6) is -1.50. The maximum atomic E-state index is 13.3. The molecule has 0 aromatic heterocycles. The molecule has 2 rings (SSSR count). The Balaban J connectivity index is 2.27. The third-order valence-corrected chi connectivity index (χ3v) is 5.83. The van der Waals surface area contributed by atoms with Gasteiger partial charge in [0.05, 0.1) is 23.2 Å². The van der Waals surface area contributed by atoms with E-state index in [0.717, 1.165) is 22.7 Å². The van der Waals surface area contributed by atoms with Crippen LogP contribution in [0.2, 0.25) is 0 Å². The van der Waals surface area contributed by atoms with Crippen molar-refractivity contribution in [1.82, 2.24) is 5.32 Å². The number of carbonyl (C=O) groups is 2. The minimum Gasteiger partial charge on any atom is -0.385 e. The quantitative estimate of drug-likeness (QED) is 0.497. The number of sulfonamides is 1. The van der Waals surface area contributed by atoms with Crippen LogP contribution >= 0.6 is 0 Å². The van der Waals surface area contributed by atoms with Gasteiger partial charge in [0.15, 0.2) is 0 Å². The highest BCUT2D eigenvalue weighted by atomic mass is 32.2. The molecule has 8 nitrogen and oxygen atoms in total. The van der Waals surface area contributed by atoms with Gasteiger partial charge in [-0.3, -0.25) is 13.9 Å². The molecule has 174 valence electrons. The van der Waals surface area contributed by atoms with E-state index in [4.69, 9.17) is 4.74 Å². The van der Waals surface area contributed by atoms with Crippen molar-refractivity contribution in [3.8, 4) is 0 Å². The number of halogens is 1. The van der Waals surface area contributed by atoms with Crippen LogP contribution < -0.4 is 14.9 Å². The van der Waals surface area contributed by atoms with E-state index in [2.05, 4.69) is 10.6 Å². The van der Waals surface area contributed by atoms with Crippen LogP contribution in [0.25, 0.3) is 0 Å². The molecule has 0 saturated heterocycles. The first-order chi connectivity index (χ1) is 15.2. The van der Waals surface area contributed by atoms with Crippen molar-refractivity contribution < 1.29 is 27.1 Å². The van der Waals surface area contributed by atoms with Crippen molar-refractivity contribution in [2.45, 2.75) is 25.8 Å². The monoisotopic (exact) mass is 465 g/mol. The van der Waals surface area contributed by atoms with Crippen LogP contribution in [0.3, 0.4) is 0 Å². The average Bonchev–Trinajstić information content (AvgIpc) is 2.75. The number of rotatable bonds is 11. The molecule has 0 fully saturated rings. The first kappa shape index (κ1) is 25.3. The van der Waals surface area contributed by atoms with E-state index in [1.54, 1.807) is 38.3 Å². The summed E-state index contributed by atoms with van der Waals surface area (Å²) < 4.78 is 44.2. The zero-order valence-electron chi connectivity index (χ0n) is 18.3. The van der Waals surface area contributed by atoms with Crippen LogP contribution in [-0.2, 0) is 19.6 Å². The predicted octanol–water partition coefficient (Wildman–Crippen LogP) is 2.78. The summed E-state index contributed by atoms with van der Waals surface area (Å²) in [6.07, 6.45) is 1.77. The number of anilines is 2. The highest BCUT2D eigenvalue weighted by molar-refractivity contribution is 7.92. The Labute approximate surface area is 187 Å². The highest BCUT2D eigenvalue weighted by Gasteiger charge is 2.32. The fraction of sp³-hybridized carbons (Fsp3) is 0.364. The molecular weight excluding hydrogens is 437 g/mol. The number of methoxy groups -OCH3 is 1. The number of ether oxygens (including phenoxy) is 1. The zero-order valence-corrected chi connectivity index (χ0v) is 19.1. The number of nitrogens with one attached hydrogen (secondary N) is 2. The predicted molar refractivity (Wildman–Crippen MR) is 122 cm³/mol. The Bertz CT molecular complexity index is 1030. The molecule has 2 aromatic carbocycles. The lowest BCUT2D eigenvalue weighted by atomic mass is 10.1. The molecule has 32 heavy (non-hydrogen) atoms. The Morgan fingerprint density at radius 3 is 2.38 bits per heavy atom. The van der Waals surface area contributed by atoms with Gasteiger partial charge in [-0.25, -0.2) is 12.8 Å². The third-order valence-electron chi connectivity index (χ3n) is 4.65. The summed E-state index contributed by atoms with van der Waals surface area (Å²) in [6.45, 7) is 2.57. The number of hydrogen-bond donors (Lipinski definition) is 2. The lowest BCUT2D eigenvalue weighted by molar-refractivity contribution is -0.117. The maximum Gasteiger partial charge on any atom is 0.253 e. The number of carbonyl (C=O) groups excluding carboxylic acids is 2. The van der Waals surface area contributed by atoms with Crippen LogP contribution in [0.4, 0.5) is 15.8 Å². The lowest BCUT2D eigenvalue weighted by Gasteiger charge is -2.30. The second-order valence-electron chi connectivity index (χ2n) is 7.10. The number of hydrogen-bond acceptors (Lipinski definition) is 5. The van der Waals surface area contributed by atoms with Gasteiger partial charge in [0.1, 0.15) is 11.9 Å². The zero-order chi connectivity index (χ0) is 23.7. The summed E-state index contributed by atoms with van der Waals surface area (Å²) in [7, 11) is -2.29. The molecule has 2 N–H and O–H groups in total. The Morgan fingerprint density at radius 2 is 1.78 bits per heavy atom. The van der Waals surface area contributed by atoms with Crippen LogP contribution in [-0.4, -0.2) is 52.8 Å². The molecule has 0 spiro atoms. The summed E-state index contributed by atoms with van der Waals surface area (Å²) in [4.78, 5) is 25.7. The normalized spacial score (nSPS) is 12.1. The van der Waals surface area contributed by atoms with Gasteiger partial charge in [-0.15, -0.1) is 0 Å². The molecule has 2 aromatic rings. The van der Waals surface area contributed by atoms with Gasteiger partial charge in [-0.05, 0) is 49.2 Å². The fourth-order valence-corrected chi connectivity index (χ4v) is 4.38. The van der Waals surface area contributed by atoms with Crippen molar-refractivity contribution in [3.63, 3.8) is 0 Å². The molecule has 0 unspecified atom stereocenters. The Hall–Kier alpha value is -2.98. The molecule has 10 heteroatoms. The Kier molecular flexibility index (Phi) is 9.15. The lowest BCUT2D eigenvalue weighted by Crippen LogP contribution is -2.47. The molecule has 0 saturated carbocycles. The van der Waals surface area contributed by atoms with Gasteiger partial charge in [0, 0.05) is 20.3 Å². The maximum absolute atomic E-state index is 13.3. The molecule has 0 radical (unpaired) electrons. The van der Waals surface area contributed by atoms with Gasteiger partial charge in [0.2, 0.25) is 15.9 Å². The number of nitrogens with zero attached hydrogens (tertiary/aromatic N) is 1. The minimum atomic E-state index is -3.86. The molecule has 0 heterocycles. The van der Waals surface area contributed by atoms with Gasteiger partial charge in [-0.1, -0.05) is 19.1 Å². The first-order valence-electron chi connectivity index (χ1n) is 10.1. The van der Waals surface area contributed by atoms with Gasteiger partial charge in [-0.2, -0.15) is 0 Å². The van der Waals surface area contributed by atoms with Gasteiger partial charge in [0.25, 0.3) is 5.91 Å². The van der Waals surface area contributed by atoms with E-state index in [1.165, 1.54) is 12.1 Å². The van der Waals surface area contributed by atoms with Gasteiger partial charge >= 0.3 is 0 Å². The molecule has 0 aliphatic rings. The summed E-state index contributed by atoms with van der Waals surface area (Å²) >= 11 is 0. The van der Waals surface area contributed by atoms with Crippen molar-refractivity contribution in [2.24, 2.45) is 0 Å². The largest absolute Gasteiger partial charge is 0.385 e. The standard InChI is InChI=1S/C22H28FN3O5S/c1-4-20(26(32(3,29)30)17-12-10-16(23)11-13-17)22(28)25-19-9-6-5-8-18(19)21(27)24-14-7-15-31-2/h5-6,8-13,20H,4,7,14-15H2,1-3H3,(H,24,27)(H,25,28)/t20-/m0/s1. The molecule has 0 aliphatic carbocycles. The molecular formula is C22H28FN3O5S. The van der Waals surface area contributed by atoms with Crippen LogP contribution in [0.5, 0.6) is 0 Å². The smallest absolute Gasteiger partial charge is 0.253 e. The van der Waals surface area contributed by atoms with E-state index >= 15 is 0 Å². The molecule has 2 amide bonds. The Morgan fingerprint density at radius 1 is 1.12 bits per heavy atom. The summed E-state index contributed by atoms with van der Waals surface area (Å²) in [5, 5.41) is 5.43. The van der Waals surface area contributed by atoms with Crippen LogP contribution in [0, 0.1) is 5.82 Å². The van der Waals surface area contributed by atoms with Crippen molar-refractivity contribution in [1.29, 1.82) is 0 Å². The summed E-state index contributed by atoms with van der Waals surface area (Å²) in [5.41, 5.74) is 0.675. The van der Waals surface area contributed by atoms with E-state index in [0.29, 0.717) is 19.6 Å². The van der Waals surface area contributed by atoms with E-state index in [-0.39, 0.29) is 29.3 Å². The van der Waals surface area contributed by atoms with Gasteiger partial charge < -0.3 is 15.4 Å². The molecule has 0 bridgehead atoms. The average molecular weight is 466 g/mol. The first-order valence-corrected chi connectivity index (χ1v) is 12.0. The van der Waals surface area contributed by atoms with E-state index in [1.807, 2.05) is 0 Å². The fourth-order valence-electron chi connectivity index (χ4n) is 3.17.